The van der Waals surface area contributed by atoms with Gasteiger partial charge in [-0.25, -0.2) is 4.39 Å². The molecule has 24 heavy (non-hydrogen) atoms. The zero-order chi connectivity index (χ0) is 17.9. The van der Waals surface area contributed by atoms with Crippen LogP contribution in [0.1, 0.15) is 11.1 Å². The first-order valence-corrected chi connectivity index (χ1v) is 6.57. The van der Waals surface area contributed by atoms with E-state index in [2.05, 4.69) is 5.32 Å². The van der Waals surface area contributed by atoms with E-state index in [0.29, 0.717) is 0 Å². The zero-order valence-electron chi connectivity index (χ0n) is 11.9. The third-order valence-electron chi connectivity index (χ3n) is 3.08. The summed E-state index contributed by atoms with van der Waals surface area (Å²) in [4.78, 5) is 21.7. The second kappa shape index (κ2) is 6.65. The summed E-state index contributed by atoms with van der Waals surface area (Å²) in [5, 5.41) is 12.8. The second-order valence-electron chi connectivity index (χ2n) is 4.84. The number of non-ortho nitro benzene ring substituents is 1. The molecule has 0 aliphatic carbocycles. The molecule has 0 atom stereocenters. The van der Waals surface area contributed by atoms with E-state index in [9.17, 15) is 32.5 Å². The van der Waals surface area contributed by atoms with Gasteiger partial charge < -0.3 is 5.32 Å². The summed E-state index contributed by atoms with van der Waals surface area (Å²) in [7, 11) is 0. The lowest BCUT2D eigenvalue weighted by Crippen LogP contribution is -2.15. The number of alkyl halides is 3. The van der Waals surface area contributed by atoms with Crippen molar-refractivity contribution in [2.75, 3.05) is 5.32 Å². The molecule has 1 N–H and O–H groups in total. The number of benzene rings is 2. The van der Waals surface area contributed by atoms with Gasteiger partial charge in [-0.15, -0.1) is 0 Å². The van der Waals surface area contributed by atoms with Crippen molar-refractivity contribution in [1.29, 1.82) is 0 Å². The van der Waals surface area contributed by atoms with Crippen LogP contribution in [0.25, 0.3) is 0 Å². The second-order valence-corrected chi connectivity index (χ2v) is 4.84. The van der Waals surface area contributed by atoms with Crippen molar-refractivity contribution in [3.63, 3.8) is 0 Å². The Kier molecular flexibility index (Phi) is 4.82. The lowest BCUT2D eigenvalue weighted by molar-refractivity contribution is -0.384. The molecule has 0 aliphatic heterocycles. The van der Waals surface area contributed by atoms with E-state index in [1.54, 1.807) is 0 Å². The first-order valence-electron chi connectivity index (χ1n) is 6.57. The number of carbonyl (C=O) groups is 1. The molecule has 0 aliphatic rings. The Morgan fingerprint density at radius 1 is 1.12 bits per heavy atom. The minimum atomic E-state index is -4.48. The van der Waals surface area contributed by atoms with E-state index in [-0.39, 0.29) is 17.7 Å². The average molecular weight is 342 g/mol. The fourth-order valence-electron chi connectivity index (χ4n) is 1.91. The van der Waals surface area contributed by atoms with Crippen molar-refractivity contribution in [1.82, 2.24) is 0 Å². The van der Waals surface area contributed by atoms with E-state index >= 15 is 0 Å². The van der Waals surface area contributed by atoms with Crippen LogP contribution < -0.4 is 5.32 Å². The number of hydrogen-bond acceptors (Lipinski definition) is 3. The summed E-state index contributed by atoms with van der Waals surface area (Å²) in [6, 6.07) is 6.57. The quantitative estimate of drug-likeness (QED) is 0.520. The van der Waals surface area contributed by atoms with Gasteiger partial charge in [0.1, 0.15) is 5.82 Å². The summed E-state index contributed by atoms with van der Waals surface area (Å²) in [6.07, 6.45) is -4.78. The van der Waals surface area contributed by atoms with Crippen molar-refractivity contribution >= 4 is 17.3 Å². The van der Waals surface area contributed by atoms with Gasteiger partial charge in [-0.2, -0.15) is 13.2 Å². The molecule has 2 aromatic carbocycles. The molecule has 0 unspecified atom stereocenters. The van der Waals surface area contributed by atoms with Gasteiger partial charge in [-0.3, -0.25) is 14.9 Å². The third-order valence-corrected chi connectivity index (χ3v) is 3.08. The highest BCUT2D eigenvalue weighted by Crippen LogP contribution is 2.29. The molecule has 126 valence electrons. The molecule has 5 nitrogen and oxygen atoms in total. The van der Waals surface area contributed by atoms with Crippen molar-refractivity contribution < 1.29 is 27.3 Å². The highest BCUT2D eigenvalue weighted by molar-refractivity contribution is 5.92. The highest BCUT2D eigenvalue weighted by atomic mass is 19.4. The SMILES string of the molecule is O=C(Cc1ccc(C(F)(F)F)cc1)Nc1cc([N+](=O)[O-])ccc1F. The van der Waals surface area contributed by atoms with Crippen LogP contribution in [0.2, 0.25) is 0 Å². The number of halogens is 4. The molecule has 1 amide bonds. The summed E-state index contributed by atoms with van der Waals surface area (Å²) in [6.45, 7) is 0. The monoisotopic (exact) mass is 342 g/mol. The standard InChI is InChI=1S/C15H10F4N2O3/c16-12-6-5-11(21(23)24)8-13(12)20-14(22)7-9-1-3-10(4-2-9)15(17,18)19/h1-6,8H,7H2,(H,20,22). The third kappa shape index (κ3) is 4.28. The molecule has 0 fully saturated rings. The molecule has 0 saturated carbocycles. The molecule has 0 spiro atoms. The van der Waals surface area contributed by atoms with E-state index in [1.165, 1.54) is 0 Å². The fraction of sp³-hybridized carbons (Fsp3) is 0.133. The number of nitro groups is 1. The lowest BCUT2D eigenvalue weighted by atomic mass is 10.1. The normalized spacial score (nSPS) is 11.2. The molecule has 0 bridgehead atoms. The minimum absolute atomic E-state index is 0.284. The Morgan fingerprint density at radius 3 is 2.29 bits per heavy atom. The molecular formula is C15H10F4N2O3. The van der Waals surface area contributed by atoms with Crippen LogP contribution in [0.15, 0.2) is 42.5 Å². The van der Waals surface area contributed by atoms with Crippen LogP contribution in [-0.2, 0) is 17.4 Å². The number of rotatable bonds is 4. The van der Waals surface area contributed by atoms with E-state index < -0.39 is 34.1 Å². The number of carbonyl (C=O) groups excluding carboxylic acids is 1. The highest BCUT2D eigenvalue weighted by Gasteiger charge is 2.30. The number of amides is 1. The summed E-state index contributed by atoms with van der Waals surface area (Å²) in [5.74, 6) is -1.57. The van der Waals surface area contributed by atoms with Crippen molar-refractivity contribution in [2.45, 2.75) is 12.6 Å². The Hall–Kier alpha value is -2.97. The number of nitrogens with one attached hydrogen (secondary N) is 1. The van der Waals surface area contributed by atoms with Gasteiger partial charge in [-0.05, 0) is 23.8 Å². The molecule has 2 aromatic rings. The summed E-state index contributed by atoms with van der Waals surface area (Å²) >= 11 is 0. The Labute approximate surface area is 133 Å². The average Bonchev–Trinajstić information content (AvgIpc) is 2.48. The van der Waals surface area contributed by atoms with Crippen LogP contribution in [0.4, 0.5) is 28.9 Å². The smallest absolute Gasteiger partial charge is 0.323 e. The molecule has 0 aromatic heterocycles. The van der Waals surface area contributed by atoms with Crippen molar-refractivity contribution in [2.24, 2.45) is 0 Å². The van der Waals surface area contributed by atoms with Gasteiger partial charge >= 0.3 is 6.18 Å². The largest absolute Gasteiger partial charge is 0.416 e. The Morgan fingerprint density at radius 2 is 1.75 bits per heavy atom. The van der Waals surface area contributed by atoms with Crippen LogP contribution in [0, 0.1) is 15.9 Å². The number of anilines is 1. The van der Waals surface area contributed by atoms with E-state index in [1.807, 2.05) is 0 Å². The van der Waals surface area contributed by atoms with Crippen LogP contribution in [0.5, 0.6) is 0 Å². The molecule has 0 radical (unpaired) electrons. The molecule has 0 saturated heterocycles. The first kappa shape index (κ1) is 17.4. The fourth-order valence-corrected chi connectivity index (χ4v) is 1.91. The predicted octanol–water partition coefficient (Wildman–Crippen LogP) is 3.93. The maximum atomic E-state index is 13.6. The summed E-state index contributed by atoms with van der Waals surface area (Å²) in [5.41, 5.74) is -1.34. The zero-order valence-corrected chi connectivity index (χ0v) is 11.9. The first-order chi connectivity index (χ1) is 11.2. The number of nitrogens with zero attached hydrogens (tertiary/aromatic N) is 1. The van der Waals surface area contributed by atoms with Gasteiger partial charge in [0.25, 0.3) is 5.69 Å². The van der Waals surface area contributed by atoms with Crippen LogP contribution in [0.3, 0.4) is 0 Å². The van der Waals surface area contributed by atoms with Gasteiger partial charge in [0.05, 0.1) is 22.6 Å². The molecule has 2 rings (SSSR count). The van der Waals surface area contributed by atoms with Gasteiger partial charge in [-0.1, -0.05) is 12.1 Å². The summed E-state index contributed by atoms with van der Waals surface area (Å²) < 4.78 is 50.9. The lowest BCUT2D eigenvalue weighted by Gasteiger charge is -2.08. The topological polar surface area (TPSA) is 72.2 Å². The van der Waals surface area contributed by atoms with Gasteiger partial charge in [0.2, 0.25) is 5.91 Å². The Balaban J connectivity index is 2.08. The van der Waals surface area contributed by atoms with Gasteiger partial charge in [0.15, 0.2) is 0 Å². The maximum Gasteiger partial charge on any atom is 0.416 e. The maximum absolute atomic E-state index is 13.6. The number of hydrogen-bond donors (Lipinski definition) is 1. The molecular weight excluding hydrogens is 332 g/mol. The molecule has 9 heteroatoms. The minimum Gasteiger partial charge on any atom is -0.323 e. The van der Waals surface area contributed by atoms with Crippen molar-refractivity contribution in [3.8, 4) is 0 Å². The van der Waals surface area contributed by atoms with Gasteiger partial charge in [0, 0.05) is 12.1 Å². The van der Waals surface area contributed by atoms with Crippen LogP contribution in [-0.4, -0.2) is 10.8 Å². The predicted molar refractivity (Wildman–Crippen MR) is 76.8 cm³/mol. The molecule has 0 heterocycles. The van der Waals surface area contributed by atoms with Crippen LogP contribution >= 0.6 is 0 Å². The number of nitro benzene ring substituents is 1. The Bertz CT molecular complexity index is 773. The van der Waals surface area contributed by atoms with E-state index in [4.69, 9.17) is 0 Å². The van der Waals surface area contributed by atoms with E-state index in [0.717, 1.165) is 42.5 Å². The van der Waals surface area contributed by atoms with Crippen molar-refractivity contribution in [3.05, 3.63) is 69.5 Å².